The summed E-state index contributed by atoms with van der Waals surface area (Å²) in [7, 11) is -3.67. The fraction of sp³-hybridized carbons (Fsp3) is 0.273. The van der Waals surface area contributed by atoms with Gasteiger partial charge in [0.15, 0.2) is 0 Å². The molecule has 6 heteroatoms. The summed E-state index contributed by atoms with van der Waals surface area (Å²) >= 11 is 5.90. The Bertz CT molecular complexity index is 494. The molecule has 1 aromatic carbocycles. The van der Waals surface area contributed by atoms with E-state index in [1.54, 1.807) is 13.0 Å². The molecule has 0 atom stereocenters. The fourth-order valence-electron chi connectivity index (χ4n) is 1.47. The van der Waals surface area contributed by atoms with Gasteiger partial charge >= 0.3 is 0 Å². The first-order valence-electron chi connectivity index (χ1n) is 5.10. The smallest absolute Gasteiger partial charge is 0.246 e. The second kappa shape index (κ2) is 5.53. The van der Waals surface area contributed by atoms with Gasteiger partial charge in [0.05, 0.1) is 10.7 Å². The van der Waals surface area contributed by atoms with Gasteiger partial charge < -0.3 is 5.73 Å². The van der Waals surface area contributed by atoms with Gasteiger partial charge in [-0.3, -0.25) is 0 Å². The van der Waals surface area contributed by atoms with Crippen molar-refractivity contribution in [2.75, 3.05) is 18.8 Å². The van der Waals surface area contributed by atoms with E-state index < -0.39 is 10.0 Å². The topological polar surface area (TPSA) is 63.4 Å². The molecule has 2 N–H and O–H groups in total. The van der Waals surface area contributed by atoms with Crippen LogP contribution in [0.4, 0.5) is 5.69 Å². The molecule has 94 valence electrons. The number of sulfonamides is 1. The van der Waals surface area contributed by atoms with Crippen LogP contribution in [0.3, 0.4) is 0 Å². The fourth-order valence-corrected chi connectivity index (χ4v) is 3.52. The predicted molar refractivity (Wildman–Crippen MR) is 70.5 cm³/mol. The van der Waals surface area contributed by atoms with E-state index in [0.717, 1.165) is 0 Å². The van der Waals surface area contributed by atoms with Gasteiger partial charge in [-0.15, -0.1) is 6.58 Å². The van der Waals surface area contributed by atoms with Crippen LogP contribution in [0.15, 0.2) is 35.7 Å². The monoisotopic (exact) mass is 274 g/mol. The highest BCUT2D eigenvalue weighted by atomic mass is 35.5. The summed E-state index contributed by atoms with van der Waals surface area (Å²) in [4.78, 5) is -0.0367. The lowest BCUT2D eigenvalue weighted by Crippen LogP contribution is -2.31. The van der Waals surface area contributed by atoms with Crippen molar-refractivity contribution in [3.05, 3.63) is 35.9 Å². The summed E-state index contributed by atoms with van der Waals surface area (Å²) < 4.78 is 25.9. The Morgan fingerprint density at radius 1 is 1.53 bits per heavy atom. The lowest BCUT2D eigenvalue weighted by atomic mass is 10.3. The number of nitrogen functional groups attached to an aromatic ring is 1. The van der Waals surface area contributed by atoms with Crippen LogP contribution in [0, 0.1) is 0 Å². The highest BCUT2D eigenvalue weighted by molar-refractivity contribution is 7.89. The van der Waals surface area contributed by atoms with Crippen molar-refractivity contribution in [2.45, 2.75) is 11.8 Å². The second-order valence-electron chi connectivity index (χ2n) is 3.40. The van der Waals surface area contributed by atoms with Gasteiger partial charge in [-0.1, -0.05) is 30.7 Å². The number of nitrogens with zero attached hydrogens (tertiary/aromatic N) is 1. The molecule has 4 nitrogen and oxygen atoms in total. The van der Waals surface area contributed by atoms with Crippen molar-refractivity contribution in [1.82, 2.24) is 4.31 Å². The van der Waals surface area contributed by atoms with Crippen LogP contribution in [0.1, 0.15) is 6.92 Å². The molecule has 17 heavy (non-hydrogen) atoms. The summed E-state index contributed by atoms with van der Waals surface area (Å²) in [5.74, 6) is 0. The van der Waals surface area contributed by atoms with Crippen LogP contribution >= 0.6 is 11.6 Å². The van der Waals surface area contributed by atoms with Gasteiger partial charge in [-0.2, -0.15) is 4.31 Å². The van der Waals surface area contributed by atoms with E-state index in [1.807, 2.05) is 0 Å². The van der Waals surface area contributed by atoms with Crippen molar-refractivity contribution in [2.24, 2.45) is 0 Å². The Morgan fingerprint density at radius 2 is 2.18 bits per heavy atom. The first-order valence-corrected chi connectivity index (χ1v) is 6.92. The molecular weight excluding hydrogens is 260 g/mol. The van der Waals surface area contributed by atoms with Crippen molar-refractivity contribution in [3.63, 3.8) is 0 Å². The molecule has 0 bridgehead atoms. The summed E-state index contributed by atoms with van der Waals surface area (Å²) in [6.07, 6.45) is 1.52. The number of hydrogen-bond donors (Lipinski definition) is 1. The molecular formula is C11H15ClN2O2S. The van der Waals surface area contributed by atoms with Crippen LogP contribution in [0.5, 0.6) is 0 Å². The first-order chi connectivity index (χ1) is 7.95. The van der Waals surface area contributed by atoms with E-state index in [9.17, 15) is 8.42 Å². The summed E-state index contributed by atoms with van der Waals surface area (Å²) in [6, 6.07) is 4.63. The number of benzene rings is 1. The van der Waals surface area contributed by atoms with Gasteiger partial charge in [-0.25, -0.2) is 8.42 Å². The van der Waals surface area contributed by atoms with Gasteiger partial charge in [-0.05, 0) is 12.1 Å². The third-order valence-corrected chi connectivity index (χ3v) is 4.77. The Hall–Kier alpha value is -1.04. The Labute approximate surface area is 107 Å². The minimum atomic E-state index is -3.67. The molecule has 0 saturated carbocycles. The average molecular weight is 275 g/mol. The molecule has 0 heterocycles. The number of likely N-dealkylation sites (N-methyl/N-ethyl adjacent to an activating group) is 1. The number of hydrogen-bond acceptors (Lipinski definition) is 3. The molecule has 0 aliphatic carbocycles. The SMILES string of the molecule is C=CCN(CC)S(=O)(=O)c1c(N)cccc1Cl. The Morgan fingerprint density at radius 3 is 2.65 bits per heavy atom. The zero-order valence-corrected chi connectivity index (χ0v) is 11.1. The lowest BCUT2D eigenvalue weighted by Gasteiger charge is -2.20. The van der Waals surface area contributed by atoms with E-state index in [-0.39, 0.29) is 22.2 Å². The molecule has 0 unspecified atom stereocenters. The lowest BCUT2D eigenvalue weighted by molar-refractivity contribution is 0.460. The molecule has 0 radical (unpaired) electrons. The van der Waals surface area contributed by atoms with Crippen molar-refractivity contribution >= 4 is 27.3 Å². The van der Waals surface area contributed by atoms with E-state index >= 15 is 0 Å². The minimum Gasteiger partial charge on any atom is -0.398 e. The highest BCUT2D eigenvalue weighted by Crippen LogP contribution is 2.29. The second-order valence-corrected chi connectivity index (χ2v) is 5.68. The Kier molecular flexibility index (Phi) is 4.56. The maximum Gasteiger partial charge on any atom is 0.246 e. The third-order valence-electron chi connectivity index (χ3n) is 2.28. The first kappa shape index (κ1) is 14.0. The zero-order chi connectivity index (χ0) is 13.1. The number of anilines is 1. The quantitative estimate of drug-likeness (QED) is 0.661. The molecule has 0 aromatic heterocycles. The van der Waals surface area contributed by atoms with Crippen molar-refractivity contribution in [3.8, 4) is 0 Å². The van der Waals surface area contributed by atoms with Gasteiger partial charge in [0.1, 0.15) is 4.90 Å². The highest BCUT2D eigenvalue weighted by Gasteiger charge is 2.26. The molecule has 1 rings (SSSR count). The van der Waals surface area contributed by atoms with Crippen LogP contribution in [-0.4, -0.2) is 25.8 Å². The minimum absolute atomic E-state index is 0.0367. The van der Waals surface area contributed by atoms with Crippen LogP contribution < -0.4 is 5.73 Å². The number of nitrogens with two attached hydrogens (primary N) is 1. The van der Waals surface area contributed by atoms with Crippen LogP contribution in [0.25, 0.3) is 0 Å². The standard InChI is InChI=1S/C11H15ClN2O2S/c1-3-8-14(4-2)17(15,16)11-9(12)6-5-7-10(11)13/h3,5-7H,1,4,8,13H2,2H3. The molecule has 0 aliphatic rings. The molecule has 0 saturated heterocycles. The third kappa shape index (κ3) is 2.80. The van der Waals surface area contributed by atoms with Crippen molar-refractivity contribution in [1.29, 1.82) is 0 Å². The maximum absolute atomic E-state index is 12.3. The molecule has 0 amide bonds. The van der Waals surface area contributed by atoms with Crippen LogP contribution in [0.2, 0.25) is 5.02 Å². The molecule has 0 fully saturated rings. The maximum atomic E-state index is 12.3. The van der Waals surface area contributed by atoms with E-state index in [1.165, 1.54) is 22.5 Å². The largest absolute Gasteiger partial charge is 0.398 e. The number of rotatable bonds is 5. The summed E-state index contributed by atoms with van der Waals surface area (Å²) in [6.45, 7) is 5.83. The summed E-state index contributed by atoms with van der Waals surface area (Å²) in [5, 5.41) is 0.132. The zero-order valence-electron chi connectivity index (χ0n) is 9.56. The number of halogens is 1. The predicted octanol–water partition coefficient (Wildman–Crippen LogP) is 2.12. The average Bonchev–Trinajstić information content (AvgIpc) is 2.24. The van der Waals surface area contributed by atoms with Crippen molar-refractivity contribution < 1.29 is 8.42 Å². The van der Waals surface area contributed by atoms with Gasteiger partial charge in [0.25, 0.3) is 0 Å². The van der Waals surface area contributed by atoms with Crippen LogP contribution in [-0.2, 0) is 10.0 Å². The van der Waals surface area contributed by atoms with E-state index in [4.69, 9.17) is 17.3 Å². The molecule has 0 aliphatic heterocycles. The van der Waals surface area contributed by atoms with Gasteiger partial charge in [0, 0.05) is 13.1 Å². The molecule has 1 aromatic rings. The van der Waals surface area contributed by atoms with E-state index in [0.29, 0.717) is 6.54 Å². The van der Waals surface area contributed by atoms with E-state index in [2.05, 4.69) is 6.58 Å². The molecule has 0 spiro atoms. The Balaban J connectivity index is 3.34. The van der Waals surface area contributed by atoms with Gasteiger partial charge in [0.2, 0.25) is 10.0 Å². The summed E-state index contributed by atoms with van der Waals surface area (Å²) in [5.41, 5.74) is 5.83. The normalized spacial score (nSPS) is 11.7.